The Bertz CT molecular complexity index is 2870. The summed E-state index contributed by atoms with van der Waals surface area (Å²) in [6.45, 7) is 71.5. The maximum absolute atomic E-state index is 12.6. The molecule has 0 aliphatic carbocycles. The highest BCUT2D eigenvalue weighted by Gasteiger charge is 2.60. The average molecular weight is 1720 g/mol. The fraction of sp³-hybridized carbons (Fsp3) is 0.779. The van der Waals surface area contributed by atoms with Crippen LogP contribution >= 0.6 is 0 Å². The van der Waals surface area contributed by atoms with Crippen molar-refractivity contribution in [3.8, 4) is 0 Å². The molecule has 2 fully saturated rings. The zero-order chi connectivity index (χ0) is 80.6. The van der Waals surface area contributed by atoms with Crippen LogP contribution in [0, 0.1) is 0 Å². The molecular weight excluding hydrogens is 1580 g/mol. The van der Waals surface area contributed by atoms with E-state index in [1.165, 1.54) is 0 Å². The molecule has 6 atom stereocenters. The van der Waals surface area contributed by atoms with Crippen LogP contribution in [-0.4, -0.2) is 189 Å². The van der Waals surface area contributed by atoms with Crippen molar-refractivity contribution in [2.45, 2.75) is 303 Å². The molecule has 0 bridgehead atoms. The van der Waals surface area contributed by atoms with E-state index in [2.05, 4.69) is 151 Å². The van der Waals surface area contributed by atoms with Crippen molar-refractivity contribution in [2.75, 3.05) is 40.1 Å². The second-order valence-corrected chi connectivity index (χ2v) is 86.5. The molecule has 608 valence electrons. The number of ether oxygens (including phenoxy) is 5. The van der Waals surface area contributed by atoms with Crippen molar-refractivity contribution in [1.29, 1.82) is 0 Å². The first kappa shape index (κ1) is 99.6. The summed E-state index contributed by atoms with van der Waals surface area (Å²) in [5.74, 6) is -2.09. The van der Waals surface area contributed by atoms with Gasteiger partial charge in [0.05, 0.1) is 33.0 Å². The van der Waals surface area contributed by atoms with Gasteiger partial charge in [-0.15, -0.1) is 0 Å². The van der Waals surface area contributed by atoms with E-state index < -0.39 is 149 Å². The minimum Gasteiger partial charge on any atom is -0.462 e. The van der Waals surface area contributed by atoms with Gasteiger partial charge in [0.25, 0.3) is 0 Å². The summed E-state index contributed by atoms with van der Waals surface area (Å²) in [6.07, 6.45) is 7.70. The first-order chi connectivity index (χ1) is 47.8. The van der Waals surface area contributed by atoms with Gasteiger partial charge >= 0.3 is 124 Å². The fourth-order valence-corrected chi connectivity index (χ4v) is 93.8. The lowest BCUT2D eigenvalue weighted by molar-refractivity contribution is -0.139. The highest BCUT2D eigenvalue weighted by atomic mass is 28.5. The predicted molar refractivity (Wildman–Crippen MR) is 450 cm³/mol. The molecule has 23 nitrogen and oxygen atoms in total. The van der Waals surface area contributed by atoms with Gasteiger partial charge in [0.15, 0.2) is 25.0 Å². The van der Waals surface area contributed by atoms with Crippen LogP contribution in [0.5, 0.6) is 0 Å². The molecule has 0 saturated carbocycles. The molecule has 0 amide bonds. The lowest BCUT2D eigenvalue weighted by Gasteiger charge is -2.51. The molecule has 6 unspecified atom stereocenters. The highest BCUT2D eigenvalue weighted by Crippen LogP contribution is 2.44. The van der Waals surface area contributed by atoms with Crippen LogP contribution in [0.2, 0.25) is 197 Å². The first-order valence-corrected chi connectivity index (χ1v) is 75.9. The number of rotatable bonds is 49. The Morgan fingerprint density at radius 3 is 0.648 bits per heavy atom. The van der Waals surface area contributed by atoms with E-state index >= 15 is 0 Å². The molecule has 2 rings (SSSR count). The van der Waals surface area contributed by atoms with Gasteiger partial charge in [-0.05, 0) is 264 Å². The second-order valence-electron chi connectivity index (χ2n) is 33.7. The molecular formula is C68H142O23Si14. The number of esters is 5. The Balaban J connectivity index is 2.67. The van der Waals surface area contributed by atoms with E-state index in [0.29, 0.717) is 108 Å². The third-order valence-electron chi connectivity index (χ3n) is 17.8. The first-order valence-electron chi connectivity index (χ1n) is 37.9. The largest absolute Gasteiger partial charge is 0.462 e. The smallest absolute Gasteiger partial charge is 0.333 e. The summed E-state index contributed by atoms with van der Waals surface area (Å²) in [6, 6.07) is 7.16. The molecule has 0 spiro atoms. The van der Waals surface area contributed by atoms with Crippen molar-refractivity contribution < 1.29 is 101 Å². The minimum atomic E-state index is -3.25. The molecule has 2 aliphatic heterocycles. The summed E-state index contributed by atoms with van der Waals surface area (Å²) in [4.78, 5) is 61.9. The number of hydrogen-bond acceptors (Lipinski definition) is 23. The van der Waals surface area contributed by atoms with Crippen LogP contribution in [-0.2, 0) is 101 Å². The molecule has 0 aromatic heterocycles. The van der Waals surface area contributed by atoms with Gasteiger partial charge in [0.2, 0.25) is 0 Å². The normalized spacial score (nSPS) is 25.9. The van der Waals surface area contributed by atoms with Gasteiger partial charge in [-0.3, -0.25) is 0 Å². The average Bonchev–Trinajstić information content (AvgIpc) is 0.769. The molecule has 2 heterocycles. The van der Waals surface area contributed by atoms with Crippen molar-refractivity contribution >= 4 is 149 Å². The van der Waals surface area contributed by atoms with E-state index in [1.807, 2.05) is 13.1 Å². The van der Waals surface area contributed by atoms with Crippen molar-refractivity contribution in [3.05, 3.63) is 60.8 Å². The van der Waals surface area contributed by atoms with Crippen LogP contribution in [0.15, 0.2) is 60.8 Å². The van der Waals surface area contributed by atoms with Crippen LogP contribution in [0.25, 0.3) is 0 Å². The highest BCUT2D eigenvalue weighted by molar-refractivity contribution is 6.97. The minimum absolute atomic E-state index is 0.184. The topological polar surface area (TPSA) is 251 Å². The molecule has 2 aliphatic rings. The van der Waals surface area contributed by atoms with Crippen LogP contribution in [0.3, 0.4) is 0 Å². The van der Waals surface area contributed by atoms with Gasteiger partial charge in [0, 0.05) is 35.0 Å². The zero-order valence-electron chi connectivity index (χ0n) is 70.0. The van der Waals surface area contributed by atoms with Crippen molar-refractivity contribution in [3.63, 3.8) is 0 Å². The molecule has 0 aromatic rings. The third-order valence-corrected chi connectivity index (χ3v) is 78.6. The van der Waals surface area contributed by atoms with Crippen LogP contribution in [0.1, 0.15) is 105 Å². The van der Waals surface area contributed by atoms with Gasteiger partial charge in [0.1, 0.15) is 0 Å². The van der Waals surface area contributed by atoms with E-state index in [0.717, 1.165) is 56.7 Å². The summed E-state index contributed by atoms with van der Waals surface area (Å²) in [5.41, 5.74) is 1.75. The molecule has 2 saturated heterocycles. The van der Waals surface area contributed by atoms with Gasteiger partial charge in [-0.1, -0.05) is 71.4 Å². The van der Waals surface area contributed by atoms with Crippen LogP contribution in [0.4, 0.5) is 0 Å². The van der Waals surface area contributed by atoms with Gasteiger partial charge < -0.3 is 77.5 Å². The van der Waals surface area contributed by atoms with Gasteiger partial charge in [-0.2, -0.15) is 0 Å². The summed E-state index contributed by atoms with van der Waals surface area (Å²) in [5, 5.41) is 0. The van der Waals surface area contributed by atoms with Crippen LogP contribution < -0.4 is 0 Å². The standard InChI is InChI=1S/C68H142O23Si14/c1-59(2)64(69)75-43-35-32-38-48-98(24)84-101(27,51-41-46-78-67(72)62(7)8)85-99(25,49-39-33-36-44-76-65(70)60(3)4)88-103(29,87-98)56-53-92(12,13)80-96(20,21)81-93(14,15)54-57-104(30)89-100(26,50-40-34-37-45-77-66(71)61(5)6)86-102(28,52-42-47-79-68(73)63(9)10)90-105(31,91-104)58-55-94(16,17)82-97(22,23)83-95(18,19)74-11/h1,3,5,7,9,32-58H2,2,4,6,8,10-31H3. The lowest BCUT2D eigenvalue weighted by atomic mass is 10.3. The van der Waals surface area contributed by atoms with E-state index in [1.54, 1.807) is 41.7 Å². The Kier molecular flexibility index (Phi) is 40.4. The Morgan fingerprint density at radius 2 is 0.448 bits per heavy atom. The molecule has 0 radical (unpaired) electrons. The fourth-order valence-electron chi connectivity index (χ4n) is 13.4. The predicted octanol–water partition coefficient (Wildman–Crippen LogP) is 18.0. The lowest BCUT2D eigenvalue weighted by Crippen LogP contribution is -2.67. The van der Waals surface area contributed by atoms with E-state index in [9.17, 15) is 24.0 Å². The third kappa shape index (κ3) is 40.2. The Hall–Kier alpha value is -1.43. The van der Waals surface area contributed by atoms with Gasteiger partial charge in [-0.25, -0.2) is 24.0 Å². The quantitative estimate of drug-likeness (QED) is 0.0180. The number of carbonyl (C=O) groups is 5. The molecule has 105 heavy (non-hydrogen) atoms. The zero-order valence-corrected chi connectivity index (χ0v) is 84.0. The summed E-state index contributed by atoms with van der Waals surface area (Å²) >= 11 is 0. The maximum Gasteiger partial charge on any atom is 0.333 e. The van der Waals surface area contributed by atoms with E-state index in [-0.39, 0.29) is 33.0 Å². The summed E-state index contributed by atoms with van der Waals surface area (Å²) < 4.78 is 123. The molecule has 0 aromatic carbocycles. The SMILES string of the molecule is C=C(C)C(=O)OCCCCC[Si]1(C)O[Si](C)(CCCOC(=O)C(=C)C)O[Si](C)(CCCCCOC(=O)C(=C)C)O[Si](C)(CC[Si](C)(C)O[Si](C)(C)O[Si](C)(C)CC[Si]2(C)O[Si](C)(CCCCCOC(=O)C(=C)C)O[Si](C)(CCCOC(=O)C(=C)C)O[Si](C)(CC[Si](C)(C)O[Si](C)(C)O[Si](C)(C)OC)O2)O1. The summed E-state index contributed by atoms with van der Waals surface area (Å²) in [7, 11) is -39.3. The van der Waals surface area contributed by atoms with Crippen molar-refractivity contribution in [1.82, 2.24) is 0 Å². The monoisotopic (exact) mass is 1720 g/mol. The number of hydrogen-bond donors (Lipinski definition) is 0. The second kappa shape index (κ2) is 42.6. The molecule has 0 N–H and O–H groups in total. The van der Waals surface area contributed by atoms with E-state index in [4.69, 9.17) is 77.5 Å². The maximum atomic E-state index is 12.6. The molecule has 37 heteroatoms. The van der Waals surface area contributed by atoms with Crippen molar-refractivity contribution in [2.24, 2.45) is 0 Å². The number of unbranched alkanes of at least 4 members (excludes halogenated alkanes) is 6. The Labute approximate surface area is 649 Å². The Morgan fingerprint density at radius 1 is 0.267 bits per heavy atom. The number of carbonyl (C=O) groups excluding carboxylic acids is 5.